The van der Waals surface area contributed by atoms with Gasteiger partial charge in [0.1, 0.15) is 6.17 Å². The van der Waals surface area contributed by atoms with Gasteiger partial charge in [-0.05, 0) is 23.8 Å². The Morgan fingerprint density at radius 2 is 2.36 bits per heavy atom. The van der Waals surface area contributed by atoms with Crippen LogP contribution < -0.4 is 5.32 Å². The van der Waals surface area contributed by atoms with Crippen molar-refractivity contribution in [2.24, 2.45) is 5.92 Å². The molecule has 0 aliphatic carbocycles. The van der Waals surface area contributed by atoms with Crippen LogP contribution in [0.2, 0.25) is 0 Å². The summed E-state index contributed by atoms with van der Waals surface area (Å²) in [5.41, 5.74) is 0. The molecule has 2 aliphatic rings. The summed E-state index contributed by atoms with van der Waals surface area (Å²) in [4.78, 5) is 12.9. The maximum atomic E-state index is 12.4. The van der Waals surface area contributed by atoms with Crippen LogP contribution in [0.3, 0.4) is 0 Å². The third kappa shape index (κ3) is 2.32. The summed E-state index contributed by atoms with van der Waals surface area (Å²) in [7, 11) is 0. The SMILES string of the molecule is O=C(NCC1CCSC1)N1CC(F)C1. The molecule has 80 valence electrons. The summed E-state index contributed by atoms with van der Waals surface area (Å²) >= 11 is 1.94. The Morgan fingerprint density at radius 1 is 1.57 bits per heavy atom. The predicted octanol–water partition coefficient (Wildman–Crippen LogP) is 1.10. The number of alkyl halides is 1. The molecule has 2 amide bonds. The van der Waals surface area contributed by atoms with Crippen LogP contribution in [0.1, 0.15) is 6.42 Å². The van der Waals surface area contributed by atoms with Crippen molar-refractivity contribution in [1.82, 2.24) is 10.2 Å². The van der Waals surface area contributed by atoms with E-state index in [0.29, 0.717) is 5.92 Å². The Balaban J connectivity index is 1.62. The summed E-state index contributed by atoms with van der Waals surface area (Å²) < 4.78 is 12.4. The summed E-state index contributed by atoms with van der Waals surface area (Å²) in [6.45, 7) is 1.29. The molecular formula is C9H15FN2OS. The average Bonchev–Trinajstić information content (AvgIpc) is 2.61. The lowest BCUT2D eigenvalue weighted by Crippen LogP contribution is -2.55. The van der Waals surface area contributed by atoms with E-state index in [2.05, 4.69) is 5.32 Å². The number of hydrogen-bond acceptors (Lipinski definition) is 2. The summed E-state index contributed by atoms with van der Waals surface area (Å²) in [6.07, 6.45) is 0.388. The number of urea groups is 1. The molecule has 5 heteroatoms. The van der Waals surface area contributed by atoms with Crippen molar-refractivity contribution >= 4 is 17.8 Å². The molecule has 0 saturated carbocycles. The molecule has 0 bridgehead atoms. The number of carbonyl (C=O) groups is 1. The van der Waals surface area contributed by atoms with Gasteiger partial charge in [-0.25, -0.2) is 9.18 Å². The lowest BCUT2D eigenvalue weighted by molar-refractivity contribution is 0.0894. The van der Waals surface area contributed by atoms with Gasteiger partial charge in [0, 0.05) is 6.54 Å². The second kappa shape index (κ2) is 4.38. The zero-order valence-corrected chi connectivity index (χ0v) is 8.86. The molecule has 0 radical (unpaired) electrons. The average molecular weight is 218 g/mol. The van der Waals surface area contributed by atoms with Gasteiger partial charge in [-0.3, -0.25) is 0 Å². The van der Waals surface area contributed by atoms with Crippen LogP contribution in [0.4, 0.5) is 9.18 Å². The molecule has 14 heavy (non-hydrogen) atoms. The summed E-state index contributed by atoms with van der Waals surface area (Å²) in [5.74, 6) is 2.97. The number of nitrogens with one attached hydrogen (secondary N) is 1. The largest absolute Gasteiger partial charge is 0.338 e. The fraction of sp³-hybridized carbons (Fsp3) is 0.889. The van der Waals surface area contributed by atoms with E-state index in [-0.39, 0.29) is 19.1 Å². The van der Waals surface area contributed by atoms with Gasteiger partial charge in [0.25, 0.3) is 0 Å². The Labute approximate surface area is 87.4 Å². The fourth-order valence-electron chi connectivity index (χ4n) is 1.68. The molecule has 0 aromatic carbocycles. The molecule has 2 fully saturated rings. The van der Waals surface area contributed by atoms with Crippen molar-refractivity contribution in [2.45, 2.75) is 12.6 Å². The third-order valence-corrected chi connectivity index (χ3v) is 3.92. The second-order valence-corrected chi connectivity index (χ2v) is 5.07. The van der Waals surface area contributed by atoms with Crippen LogP contribution in [0.25, 0.3) is 0 Å². The molecule has 2 aliphatic heterocycles. The first kappa shape index (κ1) is 10.1. The van der Waals surface area contributed by atoms with Crippen LogP contribution in [0.15, 0.2) is 0 Å². The molecule has 2 rings (SSSR count). The standard InChI is InChI=1S/C9H15FN2OS/c10-8-4-12(5-8)9(13)11-3-7-1-2-14-6-7/h7-8H,1-6H2,(H,11,13). The Hall–Kier alpha value is -0.450. The first-order valence-corrected chi connectivity index (χ1v) is 6.16. The number of hydrogen-bond donors (Lipinski definition) is 1. The first-order chi connectivity index (χ1) is 6.75. The number of thioether (sulfide) groups is 1. The molecule has 3 nitrogen and oxygen atoms in total. The predicted molar refractivity (Wildman–Crippen MR) is 55.3 cm³/mol. The minimum absolute atomic E-state index is 0.101. The van der Waals surface area contributed by atoms with Crippen LogP contribution in [0.5, 0.6) is 0 Å². The number of nitrogens with zero attached hydrogens (tertiary/aromatic N) is 1. The van der Waals surface area contributed by atoms with Crippen LogP contribution in [0, 0.1) is 5.92 Å². The van der Waals surface area contributed by atoms with Gasteiger partial charge in [-0.15, -0.1) is 0 Å². The van der Waals surface area contributed by atoms with Crippen molar-refractivity contribution < 1.29 is 9.18 Å². The Morgan fingerprint density at radius 3 is 2.93 bits per heavy atom. The first-order valence-electron chi connectivity index (χ1n) is 5.00. The minimum Gasteiger partial charge on any atom is -0.338 e. The van der Waals surface area contributed by atoms with Gasteiger partial charge in [0.15, 0.2) is 0 Å². The molecule has 0 aromatic heterocycles. The molecule has 0 spiro atoms. The number of carbonyl (C=O) groups excluding carboxylic acids is 1. The van der Waals surface area contributed by atoms with E-state index in [0.717, 1.165) is 12.3 Å². The number of likely N-dealkylation sites (tertiary alicyclic amines) is 1. The number of amides is 2. The lowest BCUT2D eigenvalue weighted by atomic mass is 10.1. The maximum Gasteiger partial charge on any atom is 0.317 e. The van der Waals surface area contributed by atoms with Crippen LogP contribution >= 0.6 is 11.8 Å². The molecule has 2 heterocycles. The van der Waals surface area contributed by atoms with Gasteiger partial charge in [0.05, 0.1) is 13.1 Å². The van der Waals surface area contributed by atoms with Crippen LogP contribution in [-0.4, -0.2) is 48.2 Å². The van der Waals surface area contributed by atoms with Gasteiger partial charge >= 0.3 is 6.03 Å². The van der Waals surface area contributed by atoms with E-state index in [1.807, 2.05) is 11.8 Å². The molecule has 1 N–H and O–H groups in total. The number of rotatable bonds is 2. The fourth-order valence-corrected chi connectivity index (χ4v) is 2.96. The molecular weight excluding hydrogens is 203 g/mol. The molecule has 0 aromatic rings. The second-order valence-electron chi connectivity index (χ2n) is 3.92. The molecule has 1 atom stereocenters. The summed E-state index contributed by atoms with van der Waals surface area (Å²) in [6, 6.07) is -0.101. The zero-order valence-electron chi connectivity index (χ0n) is 8.04. The van der Waals surface area contributed by atoms with Gasteiger partial charge in [-0.1, -0.05) is 0 Å². The lowest BCUT2D eigenvalue weighted by Gasteiger charge is -2.34. The van der Waals surface area contributed by atoms with Crippen molar-refractivity contribution in [3.05, 3.63) is 0 Å². The summed E-state index contributed by atoms with van der Waals surface area (Å²) in [5, 5.41) is 2.85. The van der Waals surface area contributed by atoms with Gasteiger partial charge in [-0.2, -0.15) is 11.8 Å². The highest BCUT2D eigenvalue weighted by molar-refractivity contribution is 7.99. The minimum atomic E-state index is -0.803. The van der Waals surface area contributed by atoms with E-state index in [1.54, 1.807) is 0 Å². The van der Waals surface area contributed by atoms with E-state index >= 15 is 0 Å². The van der Waals surface area contributed by atoms with Crippen molar-refractivity contribution in [3.8, 4) is 0 Å². The normalized spacial score (nSPS) is 27.5. The zero-order chi connectivity index (χ0) is 9.97. The quantitative estimate of drug-likeness (QED) is 0.753. The van der Waals surface area contributed by atoms with Crippen molar-refractivity contribution in [1.29, 1.82) is 0 Å². The van der Waals surface area contributed by atoms with Crippen LogP contribution in [-0.2, 0) is 0 Å². The smallest absolute Gasteiger partial charge is 0.317 e. The Bertz CT molecular complexity index is 215. The highest BCUT2D eigenvalue weighted by Gasteiger charge is 2.30. The topological polar surface area (TPSA) is 32.3 Å². The van der Waals surface area contributed by atoms with Crippen molar-refractivity contribution in [3.63, 3.8) is 0 Å². The Kier molecular flexibility index (Phi) is 3.15. The number of halogens is 1. The van der Waals surface area contributed by atoms with E-state index in [9.17, 15) is 9.18 Å². The maximum absolute atomic E-state index is 12.4. The third-order valence-electron chi connectivity index (χ3n) is 2.69. The van der Waals surface area contributed by atoms with Gasteiger partial charge in [0.2, 0.25) is 0 Å². The van der Waals surface area contributed by atoms with Gasteiger partial charge < -0.3 is 10.2 Å². The van der Waals surface area contributed by atoms with E-state index in [4.69, 9.17) is 0 Å². The van der Waals surface area contributed by atoms with Crippen molar-refractivity contribution in [2.75, 3.05) is 31.1 Å². The highest BCUT2D eigenvalue weighted by Crippen LogP contribution is 2.22. The molecule has 2 saturated heterocycles. The van der Waals surface area contributed by atoms with E-state index in [1.165, 1.54) is 17.1 Å². The van der Waals surface area contributed by atoms with E-state index < -0.39 is 6.17 Å². The highest BCUT2D eigenvalue weighted by atomic mass is 32.2. The monoisotopic (exact) mass is 218 g/mol. The molecule has 1 unspecified atom stereocenters.